The van der Waals surface area contributed by atoms with Crippen LogP contribution in [0.2, 0.25) is 0 Å². The molecule has 2 unspecified atom stereocenters. The second-order valence-corrected chi connectivity index (χ2v) is 8.97. The van der Waals surface area contributed by atoms with Crippen LogP contribution >= 0.6 is 0 Å². The van der Waals surface area contributed by atoms with Crippen molar-refractivity contribution >= 4 is 11.2 Å². The molecule has 1 saturated carbocycles. The molecular formula is C24H22F2N6O2. The molecule has 0 spiro atoms. The molecule has 10 heteroatoms. The molecule has 2 aliphatic rings. The first-order valence-corrected chi connectivity index (χ1v) is 11.4. The van der Waals surface area contributed by atoms with Crippen LogP contribution in [0, 0.1) is 25.5 Å². The summed E-state index contributed by atoms with van der Waals surface area (Å²) in [5, 5.41) is 4.13. The van der Waals surface area contributed by atoms with E-state index in [9.17, 15) is 8.78 Å². The lowest BCUT2D eigenvalue weighted by molar-refractivity contribution is -0.00240. The summed E-state index contributed by atoms with van der Waals surface area (Å²) >= 11 is 0. The second kappa shape index (κ2) is 8.12. The largest absolute Gasteiger partial charge is 0.370 e. The van der Waals surface area contributed by atoms with Crippen LogP contribution < -0.4 is 0 Å². The Bertz CT molecular complexity index is 1400. The molecule has 6 rings (SSSR count). The van der Waals surface area contributed by atoms with Gasteiger partial charge in [-0.3, -0.25) is 0 Å². The molecule has 1 aromatic carbocycles. The molecule has 4 heterocycles. The number of hydrogen-bond donors (Lipinski definition) is 0. The van der Waals surface area contributed by atoms with Crippen molar-refractivity contribution in [1.29, 1.82) is 0 Å². The summed E-state index contributed by atoms with van der Waals surface area (Å²) in [5.41, 5.74) is 2.64. The first-order chi connectivity index (χ1) is 16.5. The number of ether oxygens (including phenoxy) is 1. The highest BCUT2D eigenvalue weighted by Gasteiger charge is 2.34. The fraction of sp³-hybridized carbons (Fsp3) is 0.417. The first-order valence-electron chi connectivity index (χ1n) is 11.4. The highest BCUT2D eigenvalue weighted by molar-refractivity contribution is 5.87. The Morgan fingerprint density at radius 2 is 1.71 bits per heavy atom. The van der Waals surface area contributed by atoms with E-state index < -0.39 is 11.6 Å². The van der Waals surface area contributed by atoms with E-state index in [2.05, 4.69) is 20.1 Å². The van der Waals surface area contributed by atoms with E-state index in [-0.39, 0.29) is 17.6 Å². The monoisotopic (exact) mass is 464 g/mol. The highest BCUT2D eigenvalue weighted by atomic mass is 19.1. The van der Waals surface area contributed by atoms with Crippen molar-refractivity contribution in [2.45, 2.75) is 57.5 Å². The van der Waals surface area contributed by atoms with Crippen molar-refractivity contribution < 1.29 is 18.0 Å². The van der Waals surface area contributed by atoms with E-state index >= 15 is 0 Å². The van der Waals surface area contributed by atoms with E-state index in [0.717, 1.165) is 24.6 Å². The van der Waals surface area contributed by atoms with Gasteiger partial charge < -0.3 is 9.26 Å². The van der Waals surface area contributed by atoms with Gasteiger partial charge in [-0.25, -0.2) is 28.7 Å². The topological polar surface area (TPSA) is 99.7 Å². The van der Waals surface area contributed by atoms with Crippen LogP contribution in [0.25, 0.3) is 22.4 Å². The van der Waals surface area contributed by atoms with Gasteiger partial charge in [-0.15, -0.1) is 0 Å². The van der Waals surface area contributed by atoms with Gasteiger partial charge in [0.1, 0.15) is 34.8 Å². The minimum atomic E-state index is -0.713. The lowest BCUT2D eigenvalue weighted by Crippen LogP contribution is -2.21. The Hall–Kier alpha value is -3.40. The van der Waals surface area contributed by atoms with Crippen molar-refractivity contribution in [3.8, 4) is 11.3 Å². The van der Waals surface area contributed by atoms with E-state index in [1.54, 1.807) is 0 Å². The SMILES string of the molecule is Cc1nc2nc(C3CCOC(c4noc(C5CC5)n4)C3)nc(-c3ccc(F)cc3F)c2nc1C. The molecule has 2 fully saturated rings. The second-order valence-electron chi connectivity index (χ2n) is 8.97. The summed E-state index contributed by atoms with van der Waals surface area (Å²) in [4.78, 5) is 23.1. The average molecular weight is 464 g/mol. The molecule has 34 heavy (non-hydrogen) atoms. The van der Waals surface area contributed by atoms with Crippen LogP contribution in [0.5, 0.6) is 0 Å². The lowest BCUT2D eigenvalue weighted by Gasteiger charge is -2.27. The molecule has 1 saturated heterocycles. The zero-order chi connectivity index (χ0) is 23.4. The van der Waals surface area contributed by atoms with Gasteiger partial charge in [-0.1, -0.05) is 5.16 Å². The Kier molecular flexibility index (Phi) is 5.05. The normalized spacial score (nSPS) is 20.7. The van der Waals surface area contributed by atoms with Gasteiger partial charge in [-0.2, -0.15) is 4.98 Å². The number of rotatable bonds is 4. The van der Waals surface area contributed by atoms with E-state index in [1.165, 1.54) is 12.1 Å². The third-order valence-electron chi connectivity index (χ3n) is 6.47. The fourth-order valence-corrected chi connectivity index (χ4v) is 4.27. The van der Waals surface area contributed by atoms with Gasteiger partial charge >= 0.3 is 0 Å². The molecule has 0 N–H and O–H groups in total. The molecule has 4 aromatic rings. The molecular weight excluding hydrogens is 442 g/mol. The standard InChI is InChI=1S/C24H22F2N6O2/c1-11-12(2)28-23-20(27-11)19(16-6-5-15(25)10-17(16)26)29-21(30-23)14-7-8-33-18(9-14)22-31-24(34-32-22)13-3-4-13/h5-6,10,13-14,18H,3-4,7-9H2,1-2H3. The number of hydrogen-bond acceptors (Lipinski definition) is 8. The molecule has 8 nitrogen and oxygen atoms in total. The smallest absolute Gasteiger partial charge is 0.229 e. The summed E-state index contributed by atoms with van der Waals surface area (Å²) < 4.78 is 39.7. The van der Waals surface area contributed by atoms with Crippen LogP contribution in [-0.2, 0) is 4.74 Å². The Labute approximate surface area is 193 Å². The van der Waals surface area contributed by atoms with Crippen molar-refractivity contribution in [2.75, 3.05) is 6.61 Å². The molecule has 1 aliphatic carbocycles. The van der Waals surface area contributed by atoms with E-state index in [1.807, 2.05) is 13.8 Å². The predicted molar refractivity (Wildman–Crippen MR) is 117 cm³/mol. The maximum Gasteiger partial charge on any atom is 0.229 e. The minimum Gasteiger partial charge on any atom is -0.370 e. The number of halogens is 2. The Morgan fingerprint density at radius 3 is 2.50 bits per heavy atom. The third-order valence-corrected chi connectivity index (χ3v) is 6.47. The van der Waals surface area contributed by atoms with Crippen LogP contribution in [-0.4, -0.2) is 36.7 Å². The molecule has 174 valence electrons. The van der Waals surface area contributed by atoms with Crippen molar-refractivity contribution in [1.82, 2.24) is 30.1 Å². The molecule has 1 aliphatic heterocycles. The number of aromatic nitrogens is 6. The number of nitrogens with zero attached hydrogens (tertiary/aromatic N) is 6. The van der Waals surface area contributed by atoms with Gasteiger partial charge in [0.05, 0.1) is 11.4 Å². The van der Waals surface area contributed by atoms with Gasteiger partial charge in [0.2, 0.25) is 11.7 Å². The fourth-order valence-electron chi connectivity index (χ4n) is 4.27. The average Bonchev–Trinajstić information content (AvgIpc) is 3.56. The Morgan fingerprint density at radius 1 is 0.882 bits per heavy atom. The van der Waals surface area contributed by atoms with Gasteiger partial charge in [-0.05, 0) is 51.7 Å². The zero-order valence-electron chi connectivity index (χ0n) is 18.8. The number of fused-ring (bicyclic) bond motifs is 1. The van der Waals surface area contributed by atoms with Gasteiger partial charge in [0.25, 0.3) is 0 Å². The highest BCUT2D eigenvalue weighted by Crippen LogP contribution is 2.41. The molecule has 0 amide bonds. The summed E-state index contributed by atoms with van der Waals surface area (Å²) in [5.74, 6) is 0.620. The van der Waals surface area contributed by atoms with Crippen LogP contribution in [0.3, 0.4) is 0 Å². The Balaban J connectivity index is 1.41. The van der Waals surface area contributed by atoms with E-state index in [0.29, 0.717) is 65.5 Å². The third kappa shape index (κ3) is 3.81. The summed E-state index contributed by atoms with van der Waals surface area (Å²) in [7, 11) is 0. The molecule has 3 aromatic heterocycles. The van der Waals surface area contributed by atoms with Gasteiger partial charge in [0, 0.05) is 30.1 Å². The molecule has 2 atom stereocenters. The quantitative estimate of drug-likeness (QED) is 0.421. The summed E-state index contributed by atoms with van der Waals surface area (Å²) in [6, 6.07) is 3.42. The van der Waals surface area contributed by atoms with Crippen molar-refractivity contribution in [3.63, 3.8) is 0 Å². The maximum atomic E-state index is 14.8. The lowest BCUT2D eigenvalue weighted by atomic mass is 9.94. The summed E-state index contributed by atoms with van der Waals surface area (Å²) in [6.45, 7) is 4.15. The van der Waals surface area contributed by atoms with Crippen LogP contribution in [0.1, 0.15) is 72.6 Å². The predicted octanol–water partition coefficient (Wildman–Crippen LogP) is 4.88. The number of aryl methyl sites for hydroxylation is 2. The van der Waals surface area contributed by atoms with Gasteiger partial charge in [0.15, 0.2) is 5.65 Å². The summed E-state index contributed by atoms with van der Waals surface area (Å²) in [6.07, 6.45) is 3.04. The molecule has 0 radical (unpaired) electrons. The van der Waals surface area contributed by atoms with Crippen LogP contribution in [0.4, 0.5) is 8.78 Å². The first kappa shape index (κ1) is 21.2. The minimum absolute atomic E-state index is 0.0864. The van der Waals surface area contributed by atoms with E-state index in [4.69, 9.17) is 19.2 Å². The zero-order valence-corrected chi connectivity index (χ0v) is 18.8. The molecule has 0 bridgehead atoms. The maximum absolute atomic E-state index is 14.8. The van der Waals surface area contributed by atoms with Crippen molar-refractivity contribution in [2.24, 2.45) is 0 Å². The number of benzene rings is 1. The van der Waals surface area contributed by atoms with Crippen LogP contribution in [0.15, 0.2) is 22.7 Å². The van der Waals surface area contributed by atoms with Crippen molar-refractivity contribution in [3.05, 3.63) is 58.8 Å².